The van der Waals surface area contributed by atoms with Crippen LogP contribution in [-0.2, 0) is 0 Å². The van der Waals surface area contributed by atoms with Crippen LogP contribution in [0.3, 0.4) is 0 Å². The number of hydrogen-bond donors (Lipinski definition) is 0. The van der Waals surface area contributed by atoms with Crippen LogP contribution in [0.1, 0.15) is 0 Å². The zero-order chi connectivity index (χ0) is 18.5. The van der Waals surface area contributed by atoms with E-state index in [4.69, 9.17) is 14.0 Å². The smallest absolute Gasteiger partial charge is 0.310 e. The molecule has 0 aliphatic carbocycles. The molecule has 0 saturated heterocycles. The molecule has 0 N–H and O–H groups in total. The molecule has 25 heavy (non-hydrogen) atoms. The molecule has 0 saturated carbocycles. The molecule has 0 unspecified atom stereocenters. The quantitative estimate of drug-likeness (QED) is 0.507. The van der Waals surface area contributed by atoms with Gasteiger partial charge in [-0.25, -0.2) is 0 Å². The first-order valence-electron chi connectivity index (χ1n) is 6.79. The van der Waals surface area contributed by atoms with Crippen molar-refractivity contribution in [3.05, 3.63) is 36.4 Å². The van der Waals surface area contributed by atoms with Crippen molar-refractivity contribution in [2.75, 3.05) is 14.2 Å². The highest BCUT2D eigenvalue weighted by Crippen LogP contribution is 3.02. The van der Waals surface area contributed by atoms with E-state index >= 15 is 0 Å². The second kappa shape index (κ2) is 4.78. The maximum Gasteiger partial charge on any atom is 0.310 e. The summed E-state index contributed by atoms with van der Waals surface area (Å²) in [5.41, 5.74) is 0.121. The van der Waals surface area contributed by atoms with E-state index in [0.717, 1.165) is 6.07 Å². The first-order chi connectivity index (χ1) is 11.4. The van der Waals surface area contributed by atoms with Gasteiger partial charge in [-0.1, -0.05) is 24.6 Å². The van der Waals surface area contributed by atoms with E-state index in [1.165, 1.54) is 20.3 Å². The van der Waals surface area contributed by atoms with Crippen LogP contribution in [0.15, 0.2) is 45.8 Å². The van der Waals surface area contributed by atoms with Crippen molar-refractivity contribution < 1.29 is 33.4 Å². The van der Waals surface area contributed by atoms with Gasteiger partial charge < -0.3 is 14.0 Å². The second-order valence-electron chi connectivity index (χ2n) is 5.23. The minimum absolute atomic E-state index is 0.129. The maximum atomic E-state index is 12.9. The Balaban J connectivity index is 2.15. The van der Waals surface area contributed by atoms with Gasteiger partial charge in [0.05, 0.1) is 14.2 Å². The van der Waals surface area contributed by atoms with Crippen molar-refractivity contribution in [3.8, 4) is 22.8 Å². The molecule has 0 amide bonds. The zero-order valence-electron chi connectivity index (χ0n) is 12.9. The summed E-state index contributed by atoms with van der Waals surface area (Å²) in [6.45, 7) is 0. The highest BCUT2D eigenvalue weighted by atomic mass is 32.5. The summed E-state index contributed by atoms with van der Waals surface area (Å²) >= 11 is 0. The number of nitrogens with zero attached hydrogens (tertiary/aromatic N) is 1. The van der Waals surface area contributed by atoms with Gasteiger partial charge in [0.25, 0.3) is 0 Å². The molecule has 0 aliphatic rings. The van der Waals surface area contributed by atoms with Crippen molar-refractivity contribution in [1.82, 2.24) is 5.16 Å². The van der Waals surface area contributed by atoms with E-state index in [1.807, 2.05) is 0 Å². The van der Waals surface area contributed by atoms with Crippen LogP contribution >= 0.6 is 10.2 Å². The molecule has 0 radical (unpaired) electrons. The van der Waals surface area contributed by atoms with Gasteiger partial charge in [0, 0.05) is 10.9 Å². The Morgan fingerprint density at radius 1 is 0.880 bits per heavy atom. The van der Waals surface area contributed by atoms with Crippen LogP contribution in [0.4, 0.5) is 19.4 Å². The lowest BCUT2D eigenvalue weighted by atomic mass is 10.1. The van der Waals surface area contributed by atoms with E-state index < -0.39 is 15.1 Å². The second-order valence-corrected chi connectivity index (χ2v) is 7.64. The molecule has 3 aromatic rings. The van der Waals surface area contributed by atoms with Crippen LogP contribution in [0.25, 0.3) is 22.2 Å². The number of fused-ring (bicyclic) bond motifs is 1. The number of benzene rings is 2. The van der Waals surface area contributed by atoms with Crippen molar-refractivity contribution in [1.29, 1.82) is 0 Å². The van der Waals surface area contributed by atoms with Crippen LogP contribution in [0.5, 0.6) is 11.5 Å². The molecular weight excluding hydrogens is 369 g/mol. The van der Waals surface area contributed by atoms with E-state index in [0.29, 0.717) is 23.1 Å². The molecule has 0 atom stereocenters. The SMILES string of the molecule is COc1ccc(-c2onc3cc(S(F)(F)(F)(F)F)ccc23)cc1OC. The van der Waals surface area contributed by atoms with Gasteiger partial charge in [0.15, 0.2) is 17.3 Å². The summed E-state index contributed by atoms with van der Waals surface area (Å²) in [4.78, 5) is -2.01. The van der Waals surface area contributed by atoms with Gasteiger partial charge in [-0.2, -0.15) is 0 Å². The maximum absolute atomic E-state index is 12.9. The molecule has 2 aromatic carbocycles. The van der Waals surface area contributed by atoms with Crippen LogP contribution in [0.2, 0.25) is 0 Å². The molecule has 1 aromatic heterocycles. The molecule has 0 fully saturated rings. The van der Waals surface area contributed by atoms with Crippen LogP contribution in [-0.4, -0.2) is 19.4 Å². The highest BCUT2D eigenvalue weighted by molar-refractivity contribution is 8.45. The summed E-state index contributed by atoms with van der Waals surface area (Å²) in [6, 6.07) is 6.21. The fourth-order valence-electron chi connectivity index (χ4n) is 2.35. The molecule has 1 heterocycles. The van der Waals surface area contributed by atoms with Crippen LogP contribution < -0.4 is 9.47 Å². The van der Waals surface area contributed by atoms with Crippen molar-refractivity contribution in [2.45, 2.75) is 4.90 Å². The Morgan fingerprint density at radius 3 is 2.16 bits per heavy atom. The minimum atomic E-state index is -9.78. The minimum Gasteiger partial charge on any atom is -0.493 e. The molecular formula is C15H12F5NO3S. The lowest BCUT2D eigenvalue weighted by molar-refractivity contribution is 0.355. The Morgan fingerprint density at radius 2 is 1.56 bits per heavy atom. The van der Waals surface area contributed by atoms with E-state index in [2.05, 4.69) is 5.16 Å². The average molecular weight is 381 g/mol. The third-order valence-electron chi connectivity index (χ3n) is 3.54. The predicted molar refractivity (Wildman–Crippen MR) is 83.9 cm³/mol. The lowest BCUT2D eigenvalue weighted by Crippen LogP contribution is -2.05. The number of hydrogen-bond acceptors (Lipinski definition) is 4. The Labute approximate surface area is 138 Å². The fraction of sp³-hybridized carbons (Fsp3) is 0.133. The van der Waals surface area contributed by atoms with E-state index in [1.54, 1.807) is 12.1 Å². The van der Waals surface area contributed by atoms with Crippen molar-refractivity contribution in [3.63, 3.8) is 0 Å². The average Bonchev–Trinajstić information content (AvgIpc) is 2.95. The van der Waals surface area contributed by atoms with Gasteiger partial charge in [0.2, 0.25) is 0 Å². The molecule has 0 bridgehead atoms. The summed E-state index contributed by atoms with van der Waals surface area (Å²) in [7, 11) is -6.91. The van der Waals surface area contributed by atoms with Gasteiger partial charge in [-0.05, 0) is 36.4 Å². The standard InChI is InChI=1S/C15H12F5NO3S/c1-22-13-6-3-9(7-14(13)23-2)15-11-5-4-10(8-12(11)21-24-15)25(16,17,18,19)20/h3-8H,1-2H3. The topological polar surface area (TPSA) is 44.5 Å². The normalized spacial score (nSPS) is 14.8. The molecule has 3 rings (SSSR count). The van der Waals surface area contributed by atoms with Crippen molar-refractivity contribution >= 4 is 21.1 Å². The summed E-state index contributed by atoms with van der Waals surface area (Å²) in [5.74, 6) is 0.941. The molecule has 0 aliphatic heterocycles. The first-order valence-corrected chi connectivity index (χ1v) is 8.74. The molecule has 0 spiro atoms. The van der Waals surface area contributed by atoms with E-state index in [9.17, 15) is 19.4 Å². The third-order valence-corrected chi connectivity index (χ3v) is 4.69. The van der Waals surface area contributed by atoms with Crippen molar-refractivity contribution in [2.24, 2.45) is 0 Å². The molecule has 10 heteroatoms. The lowest BCUT2D eigenvalue weighted by Gasteiger charge is -2.40. The summed E-state index contributed by atoms with van der Waals surface area (Å²) in [5, 5.41) is 3.63. The van der Waals surface area contributed by atoms with Crippen LogP contribution in [0, 0.1) is 0 Å². The fourth-order valence-corrected chi connectivity index (χ4v) is 3.01. The summed E-state index contributed by atoms with van der Waals surface area (Å²) < 4.78 is 79.8. The van der Waals surface area contributed by atoms with Gasteiger partial charge in [0.1, 0.15) is 10.4 Å². The number of rotatable bonds is 4. The Kier molecular flexibility index (Phi) is 3.31. The third kappa shape index (κ3) is 3.21. The van der Waals surface area contributed by atoms with Gasteiger partial charge in [-0.15, -0.1) is 0 Å². The summed E-state index contributed by atoms with van der Waals surface area (Å²) in [6.07, 6.45) is 0. The Bertz CT molecular complexity index is 969. The van der Waals surface area contributed by atoms with Gasteiger partial charge in [-0.3, -0.25) is 0 Å². The zero-order valence-corrected chi connectivity index (χ0v) is 13.8. The highest BCUT2D eigenvalue weighted by Gasteiger charge is 2.65. The molecule has 136 valence electrons. The van der Waals surface area contributed by atoms with Gasteiger partial charge >= 0.3 is 10.2 Å². The number of halogens is 5. The molecule has 4 nitrogen and oxygen atoms in total. The number of ether oxygens (including phenoxy) is 2. The van der Waals surface area contributed by atoms with E-state index in [-0.39, 0.29) is 22.7 Å². The number of aromatic nitrogens is 1. The predicted octanol–water partition coefficient (Wildman–Crippen LogP) is 6.17. The monoisotopic (exact) mass is 381 g/mol. The first kappa shape index (κ1) is 17.3. The number of methoxy groups -OCH3 is 2. The largest absolute Gasteiger partial charge is 0.493 e. The Hall–Kier alpha value is -2.49.